The number of unbranched alkanes of at least 4 members (excludes halogenated alkanes) is 2. The van der Waals surface area contributed by atoms with Crippen LogP contribution in [0.5, 0.6) is 5.75 Å². The molecule has 3 aromatic rings. The SMILES string of the molecule is CC[C@@H]1C(=O)N(C)c2cnc(Nc3ccc(C(=O)NC4CCN(CCCCN(C)CCCC#Cc5cccc6c5CN(C5CCC(=O)NC5=O)C6=O)CC4)cc3OC)nc2N1C1CCCC1. The van der Waals surface area contributed by atoms with E-state index >= 15 is 0 Å². The quantitative estimate of drug-likeness (QED) is 0.0973. The van der Waals surface area contributed by atoms with Gasteiger partial charge >= 0.3 is 0 Å². The van der Waals surface area contributed by atoms with Crippen LogP contribution in [0.15, 0.2) is 42.6 Å². The molecule has 1 unspecified atom stereocenters. The van der Waals surface area contributed by atoms with E-state index in [4.69, 9.17) is 9.72 Å². The molecular formula is C50H64N10O6. The molecule has 16 nitrogen and oxygen atoms in total. The molecule has 0 spiro atoms. The maximum Gasteiger partial charge on any atom is 0.255 e. The average molecular weight is 901 g/mol. The van der Waals surface area contributed by atoms with E-state index in [1.54, 1.807) is 48.4 Å². The number of carbonyl (C=O) groups excluding carboxylic acids is 5. The first-order valence-electron chi connectivity index (χ1n) is 23.9. The third kappa shape index (κ3) is 10.3. The van der Waals surface area contributed by atoms with Crippen molar-refractivity contribution in [3.63, 3.8) is 0 Å². The Balaban J connectivity index is 0.737. The highest BCUT2D eigenvalue weighted by atomic mass is 16.5. The Hall–Kier alpha value is -6.05. The summed E-state index contributed by atoms with van der Waals surface area (Å²) in [4.78, 5) is 83.8. The van der Waals surface area contributed by atoms with Crippen LogP contribution in [0.3, 0.4) is 0 Å². The first-order valence-corrected chi connectivity index (χ1v) is 23.9. The summed E-state index contributed by atoms with van der Waals surface area (Å²) in [5, 5.41) is 8.92. The number of fused-ring (bicyclic) bond motifs is 2. The minimum absolute atomic E-state index is 0.0745. The fourth-order valence-electron chi connectivity index (χ4n) is 10.2. The Labute approximate surface area is 388 Å². The summed E-state index contributed by atoms with van der Waals surface area (Å²) >= 11 is 0. The number of benzene rings is 2. The second kappa shape index (κ2) is 21.1. The molecule has 16 heteroatoms. The number of ether oxygens (including phenoxy) is 1. The Morgan fingerprint density at radius 3 is 2.55 bits per heavy atom. The highest BCUT2D eigenvalue weighted by molar-refractivity contribution is 6.06. The number of likely N-dealkylation sites (tertiary alicyclic amines) is 1. The summed E-state index contributed by atoms with van der Waals surface area (Å²) in [7, 11) is 5.53. The van der Waals surface area contributed by atoms with Gasteiger partial charge in [0.25, 0.3) is 11.8 Å². The van der Waals surface area contributed by atoms with Gasteiger partial charge in [0.2, 0.25) is 23.7 Å². The van der Waals surface area contributed by atoms with Gasteiger partial charge in [0.15, 0.2) is 5.82 Å². The van der Waals surface area contributed by atoms with Crippen LogP contribution in [0.2, 0.25) is 0 Å². The highest BCUT2D eigenvalue weighted by Crippen LogP contribution is 2.40. The van der Waals surface area contributed by atoms with Gasteiger partial charge in [-0.05, 0) is 120 Å². The lowest BCUT2D eigenvalue weighted by atomic mass is 10.0. The molecule has 3 fully saturated rings. The third-order valence-electron chi connectivity index (χ3n) is 14.0. The number of rotatable bonds is 16. The van der Waals surface area contributed by atoms with E-state index in [2.05, 4.69) is 61.4 Å². The molecule has 1 aromatic heterocycles. The molecule has 4 aliphatic heterocycles. The van der Waals surface area contributed by atoms with Gasteiger partial charge in [-0.3, -0.25) is 29.3 Å². The Kier molecular flexibility index (Phi) is 14.8. The van der Waals surface area contributed by atoms with Crippen molar-refractivity contribution in [1.29, 1.82) is 0 Å². The van der Waals surface area contributed by atoms with Gasteiger partial charge in [-0.15, -0.1) is 0 Å². The first-order chi connectivity index (χ1) is 32.0. The van der Waals surface area contributed by atoms with E-state index in [0.717, 1.165) is 114 Å². The third-order valence-corrected chi connectivity index (χ3v) is 14.0. The van der Waals surface area contributed by atoms with Crippen molar-refractivity contribution >= 4 is 52.7 Å². The van der Waals surface area contributed by atoms with Crippen LogP contribution in [-0.4, -0.2) is 132 Å². The summed E-state index contributed by atoms with van der Waals surface area (Å²) in [6.45, 7) is 7.27. The molecule has 1 saturated carbocycles. The number of methoxy groups -OCH3 is 1. The Bertz CT molecular complexity index is 2370. The lowest BCUT2D eigenvalue weighted by Gasteiger charge is -2.43. The molecule has 0 radical (unpaired) electrons. The number of carbonyl (C=O) groups is 5. The zero-order chi connectivity index (χ0) is 46.3. The van der Waals surface area contributed by atoms with Gasteiger partial charge in [0.05, 0.1) is 19.0 Å². The first kappa shape index (κ1) is 46.5. The number of nitrogens with zero attached hydrogens (tertiary/aromatic N) is 7. The Morgan fingerprint density at radius 2 is 1.79 bits per heavy atom. The number of imide groups is 1. The van der Waals surface area contributed by atoms with E-state index < -0.39 is 11.9 Å². The molecule has 3 N–H and O–H groups in total. The van der Waals surface area contributed by atoms with Crippen molar-refractivity contribution in [2.45, 2.75) is 121 Å². The van der Waals surface area contributed by atoms with Gasteiger partial charge < -0.3 is 39.9 Å². The number of amides is 5. The number of likely N-dealkylation sites (N-methyl/N-ethyl adjacent to an activating group) is 1. The van der Waals surface area contributed by atoms with Gasteiger partial charge in [-0.25, -0.2) is 4.98 Å². The number of hydrogen-bond donors (Lipinski definition) is 3. The molecule has 5 heterocycles. The standard InChI is InChI=1S/C50H64N10O6/c1-5-40-49(65)57(3)42-31-51-50(55-45(42)60(40)36-16-8-9-17-36)53-39-20-19-34(30-43(39)66-4)46(62)52-35-23-28-58(29-24-35)27-12-11-26-56(2)25-10-6-7-14-33-15-13-18-37-38(33)32-59(48(37)64)41-21-22-44(61)54-47(41)63/h13,15,18-20,30-31,35-36,40-41H,5-6,8-12,16-17,21-29,32H2,1-4H3,(H,52,62)(H,51,53,55)(H,54,61,63)/t40-,41?/m1/s1. The molecule has 5 amide bonds. The number of anilines is 4. The largest absolute Gasteiger partial charge is 0.495 e. The monoisotopic (exact) mass is 901 g/mol. The zero-order valence-electron chi connectivity index (χ0n) is 38.9. The van der Waals surface area contributed by atoms with Crippen LogP contribution in [0, 0.1) is 11.8 Å². The predicted octanol–water partition coefficient (Wildman–Crippen LogP) is 5.23. The number of aromatic nitrogens is 2. The predicted molar refractivity (Wildman–Crippen MR) is 253 cm³/mol. The van der Waals surface area contributed by atoms with Crippen molar-refractivity contribution in [1.82, 2.24) is 35.3 Å². The fourth-order valence-corrected chi connectivity index (χ4v) is 10.2. The van der Waals surface area contributed by atoms with Gasteiger partial charge in [0, 0.05) is 68.3 Å². The minimum atomic E-state index is -0.636. The molecular weight excluding hydrogens is 837 g/mol. The lowest BCUT2D eigenvalue weighted by Crippen LogP contribution is -2.55. The van der Waals surface area contributed by atoms with Gasteiger partial charge in [-0.1, -0.05) is 37.7 Å². The second-order valence-corrected chi connectivity index (χ2v) is 18.3. The van der Waals surface area contributed by atoms with Gasteiger partial charge in [0.1, 0.15) is 23.5 Å². The molecule has 2 aromatic carbocycles. The van der Waals surface area contributed by atoms with Crippen molar-refractivity contribution in [3.8, 4) is 17.6 Å². The molecule has 5 aliphatic rings. The topological polar surface area (TPSA) is 173 Å². The van der Waals surface area contributed by atoms with Crippen LogP contribution in [0.25, 0.3) is 0 Å². The molecule has 0 bridgehead atoms. The number of piperidine rings is 2. The summed E-state index contributed by atoms with van der Waals surface area (Å²) in [5.74, 6) is 7.32. The van der Waals surface area contributed by atoms with Crippen LogP contribution >= 0.6 is 0 Å². The molecule has 2 saturated heterocycles. The Morgan fingerprint density at radius 1 is 1.00 bits per heavy atom. The van der Waals surface area contributed by atoms with Crippen LogP contribution in [-0.2, 0) is 20.9 Å². The van der Waals surface area contributed by atoms with Gasteiger partial charge in [-0.2, -0.15) is 4.98 Å². The summed E-state index contributed by atoms with van der Waals surface area (Å²) < 4.78 is 5.73. The number of nitrogens with one attached hydrogen (secondary N) is 3. The highest BCUT2D eigenvalue weighted by Gasteiger charge is 2.42. The van der Waals surface area contributed by atoms with Crippen molar-refractivity contribution in [2.75, 3.05) is 69.0 Å². The van der Waals surface area contributed by atoms with Crippen molar-refractivity contribution in [3.05, 3.63) is 64.8 Å². The molecule has 66 heavy (non-hydrogen) atoms. The number of hydrogen-bond acceptors (Lipinski definition) is 12. The second-order valence-electron chi connectivity index (χ2n) is 18.3. The van der Waals surface area contributed by atoms with E-state index in [0.29, 0.717) is 53.6 Å². The molecule has 2 atom stereocenters. The molecule has 350 valence electrons. The lowest BCUT2D eigenvalue weighted by molar-refractivity contribution is -0.137. The van der Waals surface area contributed by atoms with Crippen LogP contribution < -0.4 is 30.5 Å². The van der Waals surface area contributed by atoms with E-state index in [-0.39, 0.29) is 48.2 Å². The zero-order valence-corrected chi connectivity index (χ0v) is 38.9. The normalized spacial score (nSPS) is 20.3. The summed E-state index contributed by atoms with van der Waals surface area (Å²) in [6, 6.07) is 10.4. The van der Waals surface area contributed by atoms with Crippen LogP contribution in [0.4, 0.5) is 23.1 Å². The molecule has 1 aliphatic carbocycles. The van der Waals surface area contributed by atoms with Crippen molar-refractivity contribution < 1.29 is 28.7 Å². The summed E-state index contributed by atoms with van der Waals surface area (Å²) in [6.07, 6.45) is 13.1. The summed E-state index contributed by atoms with van der Waals surface area (Å²) in [5.41, 5.74) is 4.14. The fraction of sp³-hybridized carbons (Fsp3) is 0.540. The van der Waals surface area contributed by atoms with E-state index in [9.17, 15) is 24.0 Å². The average Bonchev–Trinajstić information content (AvgIpc) is 3.98. The molecule has 8 rings (SSSR count). The van der Waals surface area contributed by atoms with E-state index in [1.807, 2.05) is 18.2 Å². The smallest absolute Gasteiger partial charge is 0.255 e. The minimum Gasteiger partial charge on any atom is -0.495 e. The van der Waals surface area contributed by atoms with E-state index in [1.165, 1.54) is 0 Å². The maximum atomic E-state index is 13.4. The van der Waals surface area contributed by atoms with Crippen LogP contribution in [0.1, 0.15) is 122 Å². The van der Waals surface area contributed by atoms with Crippen molar-refractivity contribution in [2.24, 2.45) is 0 Å². The maximum absolute atomic E-state index is 13.4.